The van der Waals surface area contributed by atoms with Crippen molar-refractivity contribution >= 4 is 0 Å². The molecule has 0 saturated carbocycles. The molecule has 0 spiro atoms. The Hall–Kier alpha value is -1.16. The summed E-state index contributed by atoms with van der Waals surface area (Å²) in [5, 5.41) is 3.19. The molecule has 4 heteroatoms. The van der Waals surface area contributed by atoms with E-state index in [-0.39, 0.29) is 11.0 Å². The Labute approximate surface area is 95.5 Å². The first-order valence-electron chi connectivity index (χ1n) is 5.77. The lowest BCUT2D eigenvalue weighted by molar-refractivity contribution is 0.398. The van der Waals surface area contributed by atoms with Crippen LogP contribution in [-0.2, 0) is 19.4 Å². The smallest absolute Gasteiger partial charge is 0.255 e. The fourth-order valence-corrected chi connectivity index (χ4v) is 1.99. The van der Waals surface area contributed by atoms with Crippen LogP contribution in [0.4, 0.5) is 0 Å². The fourth-order valence-electron chi connectivity index (χ4n) is 1.99. The minimum Gasteiger partial charge on any atom is -0.312 e. The van der Waals surface area contributed by atoms with Gasteiger partial charge in [-0.2, -0.15) is 0 Å². The first-order chi connectivity index (χ1) is 7.46. The number of nitrogens with one attached hydrogen (secondary N) is 2. The summed E-state index contributed by atoms with van der Waals surface area (Å²) in [6.07, 6.45) is 1.67. The molecular weight excluding hydrogens is 202 g/mol. The number of aromatic nitrogens is 2. The second-order valence-corrected chi connectivity index (χ2v) is 5.60. The molecule has 1 aromatic rings. The van der Waals surface area contributed by atoms with E-state index in [2.05, 4.69) is 36.1 Å². The molecule has 0 amide bonds. The zero-order chi connectivity index (χ0) is 11.8. The standard InChI is InChI=1S/C12H19N3O/c1-12(2,3)6-10-14-9-4-5-13-7-8(9)11(16)15-10/h13H,4-7H2,1-3H3,(H,14,15,16). The largest absolute Gasteiger partial charge is 0.312 e. The molecule has 1 aliphatic rings. The normalized spacial score (nSPS) is 15.9. The number of aromatic amines is 1. The molecule has 4 nitrogen and oxygen atoms in total. The van der Waals surface area contributed by atoms with E-state index in [1.165, 1.54) is 0 Å². The van der Waals surface area contributed by atoms with Crippen LogP contribution in [0.1, 0.15) is 37.9 Å². The molecule has 16 heavy (non-hydrogen) atoms. The van der Waals surface area contributed by atoms with Crippen molar-refractivity contribution in [2.45, 2.75) is 40.2 Å². The van der Waals surface area contributed by atoms with E-state index in [1.807, 2.05) is 0 Å². The molecule has 2 heterocycles. The highest BCUT2D eigenvalue weighted by Crippen LogP contribution is 2.18. The van der Waals surface area contributed by atoms with Crippen molar-refractivity contribution in [1.29, 1.82) is 0 Å². The number of fused-ring (bicyclic) bond motifs is 1. The zero-order valence-electron chi connectivity index (χ0n) is 10.2. The van der Waals surface area contributed by atoms with Gasteiger partial charge in [-0.05, 0) is 5.41 Å². The van der Waals surface area contributed by atoms with Gasteiger partial charge in [0.2, 0.25) is 0 Å². The topological polar surface area (TPSA) is 57.8 Å². The lowest BCUT2D eigenvalue weighted by Gasteiger charge is -2.20. The van der Waals surface area contributed by atoms with E-state index in [0.717, 1.165) is 36.5 Å². The lowest BCUT2D eigenvalue weighted by Crippen LogP contribution is -2.32. The van der Waals surface area contributed by atoms with Gasteiger partial charge < -0.3 is 10.3 Å². The van der Waals surface area contributed by atoms with Crippen LogP contribution in [0, 0.1) is 5.41 Å². The van der Waals surface area contributed by atoms with Crippen molar-refractivity contribution in [3.8, 4) is 0 Å². The Bertz CT molecular complexity index is 443. The minimum absolute atomic E-state index is 0.0245. The summed E-state index contributed by atoms with van der Waals surface area (Å²) in [5.74, 6) is 0.818. The molecule has 0 saturated heterocycles. The number of rotatable bonds is 1. The van der Waals surface area contributed by atoms with Gasteiger partial charge in [0, 0.05) is 25.9 Å². The number of hydrogen-bond acceptors (Lipinski definition) is 3. The van der Waals surface area contributed by atoms with E-state index in [0.29, 0.717) is 6.54 Å². The third kappa shape index (κ3) is 2.50. The van der Waals surface area contributed by atoms with E-state index < -0.39 is 0 Å². The molecule has 0 aromatic carbocycles. The zero-order valence-corrected chi connectivity index (χ0v) is 10.2. The first-order valence-corrected chi connectivity index (χ1v) is 5.77. The van der Waals surface area contributed by atoms with Crippen molar-refractivity contribution < 1.29 is 0 Å². The van der Waals surface area contributed by atoms with Crippen molar-refractivity contribution in [2.24, 2.45) is 5.41 Å². The van der Waals surface area contributed by atoms with Crippen molar-refractivity contribution in [3.05, 3.63) is 27.4 Å². The average molecular weight is 221 g/mol. The third-order valence-corrected chi connectivity index (χ3v) is 2.69. The van der Waals surface area contributed by atoms with Gasteiger partial charge in [0.15, 0.2) is 0 Å². The average Bonchev–Trinajstić information content (AvgIpc) is 2.15. The van der Waals surface area contributed by atoms with Crippen molar-refractivity contribution in [3.63, 3.8) is 0 Å². The molecule has 1 aromatic heterocycles. The van der Waals surface area contributed by atoms with Crippen LogP contribution in [0.2, 0.25) is 0 Å². The number of nitrogens with zero attached hydrogens (tertiary/aromatic N) is 1. The van der Waals surface area contributed by atoms with E-state index in [1.54, 1.807) is 0 Å². The molecule has 2 N–H and O–H groups in total. The predicted molar refractivity (Wildman–Crippen MR) is 63.4 cm³/mol. The van der Waals surface area contributed by atoms with Crippen LogP contribution < -0.4 is 10.9 Å². The molecule has 88 valence electrons. The molecule has 0 radical (unpaired) electrons. The second-order valence-electron chi connectivity index (χ2n) is 5.60. The fraction of sp³-hybridized carbons (Fsp3) is 0.667. The highest BCUT2D eigenvalue weighted by atomic mass is 16.1. The molecule has 1 aliphatic heterocycles. The summed E-state index contributed by atoms with van der Waals surface area (Å²) < 4.78 is 0. The van der Waals surface area contributed by atoms with Gasteiger partial charge in [0.1, 0.15) is 5.82 Å². The van der Waals surface area contributed by atoms with E-state index in [4.69, 9.17) is 0 Å². The van der Waals surface area contributed by atoms with Gasteiger partial charge in [-0.1, -0.05) is 20.8 Å². The van der Waals surface area contributed by atoms with Crippen LogP contribution in [0.3, 0.4) is 0 Å². The van der Waals surface area contributed by atoms with Gasteiger partial charge >= 0.3 is 0 Å². The van der Waals surface area contributed by atoms with Crippen LogP contribution in [-0.4, -0.2) is 16.5 Å². The summed E-state index contributed by atoms with van der Waals surface area (Å²) in [4.78, 5) is 19.3. The lowest BCUT2D eigenvalue weighted by atomic mass is 9.92. The van der Waals surface area contributed by atoms with Gasteiger partial charge in [0.05, 0.1) is 11.3 Å². The Morgan fingerprint density at radius 3 is 2.81 bits per heavy atom. The predicted octanol–water partition coefficient (Wildman–Crippen LogP) is 1.00. The monoisotopic (exact) mass is 221 g/mol. The summed E-state index contributed by atoms with van der Waals surface area (Å²) in [7, 11) is 0. The molecule has 0 bridgehead atoms. The first kappa shape index (κ1) is 11.3. The van der Waals surface area contributed by atoms with Crippen molar-refractivity contribution in [1.82, 2.24) is 15.3 Å². The highest BCUT2D eigenvalue weighted by molar-refractivity contribution is 5.20. The Balaban J connectivity index is 2.36. The molecule has 0 atom stereocenters. The molecule has 0 fully saturated rings. The van der Waals surface area contributed by atoms with E-state index in [9.17, 15) is 4.79 Å². The summed E-state index contributed by atoms with van der Waals surface area (Å²) in [5.41, 5.74) is 1.96. The highest BCUT2D eigenvalue weighted by Gasteiger charge is 2.18. The molecule has 2 rings (SSSR count). The molecular formula is C12H19N3O. The summed E-state index contributed by atoms with van der Waals surface area (Å²) in [6, 6.07) is 0. The van der Waals surface area contributed by atoms with Crippen LogP contribution in [0.5, 0.6) is 0 Å². The SMILES string of the molecule is CC(C)(C)Cc1nc2c(c(=O)[nH]1)CNCC2. The van der Waals surface area contributed by atoms with Gasteiger partial charge in [-0.15, -0.1) is 0 Å². The molecule has 0 aliphatic carbocycles. The summed E-state index contributed by atoms with van der Waals surface area (Å²) in [6.45, 7) is 8.00. The summed E-state index contributed by atoms with van der Waals surface area (Å²) >= 11 is 0. The second kappa shape index (κ2) is 4.01. The maximum Gasteiger partial charge on any atom is 0.255 e. The van der Waals surface area contributed by atoms with Gasteiger partial charge in [-0.25, -0.2) is 4.98 Å². The number of H-pyrrole nitrogens is 1. The van der Waals surface area contributed by atoms with E-state index >= 15 is 0 Å². The maximum absolute atomic E-state index is 11.8. The van der Waals surface area contributed by atoms with Gasteiger partial charge in [0.25, 0.3) is 5.56 Å². The Morgan fingerprint density at radius 1 is 1.38 bits per heavy atom. The van der Waals surface area contributed by atoms with Crippen LogP contribution >= 0.6 is 0 Å². The minimum atomic E-state index is 0.0245. The Kier molecular flexibility index (Phi) is 2.84. The number of hydrogen-bond donors (Lipinski definition) is 2. The van der Waals surface area contributed by atoms with Crippen molar-refractivity contribution in [2.75, 3.05) is 6.54 Å². The quantitative estimate of drug-likeness (QED) is 0.744. The van der Waals surface area contributed by atoms with Crippen LogP contribution in [0.15, 0.2) is 4.79 Å². The van der Waals surface area contributed by atoms with Gasteiger partial charge in [-0.3, -0.25) is 4.79 Å². The Morgan fingerprint density at radius 2 is 2.12 bits per heavy atom. The maximum atomic E-state index is 11.8. The van der Waals surface area contributed by atoms with Crippen LogP contribution in [0.25, 0.3) is 0 Å². The third-order valence-electron chi connectivity index (χ3n) is 2.69. The molecule has 0 unspecified atom stereocenters.